The predicted molar refractivity (Wildman–Crippen MR) is 116 cm³/mol. The van der Waals surface area contributed by atoms with Gasteiger partial charge in [-0.05, 0) is 28.8 Å². The second-order valence-electron chi connectivity index (χ2n) is 7.59. The minimum Gasteiger partial charge on any atom is -0.390 e. The lowest BCUT2D eigenvalue weighted by Gasteiger charge is -2.27. The number of oxime groups is 1. The molecule has 154 valence electrons. The predicted octanol–water partition coefficient (Wildman–Crippen LogP) is 4.55. The summed E-state index contributed by atoms with van der Waals surface area (Å²) < 4.78 is 13.7. The highest BCUT2D eigenvalue weighted by molar-refractivity contribution is 6.01. The summed E-state index contributed by atoms with van der Waals surface area (Å²) in [6, 6.07) is 26.1. The lowest BCUT2D eigenvalue weighted by molar-refractivity contribution is 0.0318. The Morgan fingerprint density at radius 2 is 1.73 bits per heavy atom. The zero-order valence-corrected chi connectivity index (χ0v) is 16.7. The monoisotopic (exact) mass is 404 g/mol. The van der Waals surface area contributed by atoms with Crippen molar-refractivity contribution < 1.29 is 14.3 Å². The van der Waals surface area contributed by atoms with Crippen molar-refractivity contribution in [2.45, 2.75) is 25.2 Å². The van der Waals surface area contributed by atoms with Gasteiger partial charge in [-0.2, -0.15) is 0 Å². The number of halogens is 1. The quantitative estimate of drug-likeness (QED) is 0.599. The number of benzene rings is 3. The van der Waals surface area contributed by atoms with Gasteiger partial charge in [-0.3, -0.25) is 4.90 Å². The van der Waals surface area contributed by atoms with Crippen LogP contribution in [-0.2, 0) is 11.4 Å². The van der Waals surface area contributed by atoms with Gasteiger partial charge in [-0.1, -0.05) is 78.0 Å². The van der Waals surface area contributed by atoms with Crippen LogP contribution in [0.3, 0.4) is 0 Å². The topological polar surface area (TPSA) is 45.1 Å². The standard InChI is InChI=1S/C25H25FN2O2/c26-22-13-7-8-19(14-22)16-28(18-25(29)21-11-5-2-6-12-21)17-23-15-24(27-30-23)20-9-3-1-4-10-20/h1-14,23,25,29H,15-18H2. The molecule has 0 bridgehead atoms. The lowest BCUT2D eigenvalue weighted by atomic mass is 10.0. The van der Waals surface area contributed by atoms with Gasteiger partial charge in [0.05, 0.1) is 11.8 Å². The van der Waals surface area contributed by atoms with Gasteiger partial charge >= 0.3 is 0 Å². The molecule has 5 heteroatoms. The van der Waals surface area contributed by atoms with E-state index in [1.54, 1.807) is 6.07 Å². The minimum atomic E-state index is -0.643. The fourth-order valence-electron chi connectivity index (χ4n) is 3.74. The summed E-state index contributed by atoms with van der Waals surface area (Å²) >= 11 is 0. The van der Waals surface area contributed by atoms with E-state index in [1.165, 1.54) is 12.1 Å². The molecule has 1 aliphatic heterocycles. The first-order chi connectivity index (χ1) is 14.7. The first kappa shape index (κ1) is 20.3. The van der Waals surface area contributed by atoms with E-state index in [1.807, 2.05) is 66.7 Å². The van der Waals surface area contributed by atoms with Crippen LogP contribution in [0.2, 0.25) is 0 Å². The Balaban J connectivity index is 1.45. The number of aliphatic hydroxyl groups excluding tert-OH is 1. The van der Waals surface area contributed by atoms with Crippen LogP contribution in [0.15, 0.2) is 90.1 Å². The van der Waals surface area contributed by atoms with Crippen LogP contribution in [-0.4, -0.2) is 34.9 Å². The van der Waals surface area contributed by atoms with E-state index in [0.717, 1.165) is 22.4 Å². The van der Waals surface area contributed by atoms with E-state index in [9.17, 15) is 9.50 Å². The van der Waals surface area contributed by atoms with Gasteiger partial charge in [-0.25, -0.2) is 4.39 Å². The minimum absolute atomic E-state index is 0.114. The van der Waals surface area contributed by atoms with E-state index >= 15 is 0 Å². The Kier molecular flexibility index (Phi) is 6.52. The molecule has 2 unspecified atom stereocenters. The molecule has 0 radical (unpaired) electrons. The van der Waals surface area contributed by atoms with Crippen molar-refractivity contribution in [2.75, 3.05) is 13.1 Å². The van der Waals surface area contributed by atoms with Crippen LogP contribution in [0.1, 0.15) is 29.2 Å². The highest BCUT2D eigenvalue weighted by atomic mass is 19.1. The maximum Gasteiger partial charge on any atom is 0.145 e. The van der Waals surface area contributed by atoms with Gasteiger partial charge in [0, 0.05) is 26.1 Å². The van der Waals surface area contributed by atoms with Gasteiger partial charge in [0.2, 0.25) is 0 Å². The van der Waals surface area contributed by atoms with Gasteiger partial charge < -0.3 is 9.94 Å². The van der Waals surface area contributed by atoms with Crippen molar-refractivity contribution in [2.24, 2.45) is 5.16 Å². The SMILES string of the molecule is OC(CN(Cc1cccc(F)c1)CC1CC(c2ccccc2)=NO1)c1ccccc1. The van der Waals surface area contributed by atoms with Crippen LogP contribution >= 0.6 is 0 Å². The first-order valence-corrected chi connectivity index (χ1v) is 10.2. The summed E-state index contributed by atoms with van der Waals surface area (Å²) in [6.45, 7) is 1.52. The molecule has 0 saturated carbocycles. The zero-order chi connectivity index (χ0) is 20.8. The van der Waals surface area contributed by atoms with Crippen LogP contribution < -0.4 is 0 Å². The highest BCUT2D eigenvalue weighted by Crippen LogP contribution is 2.21. The summed E-state index contributed by atoms with van der Waals surface area (Å²) in [5.41, 5.74) is 3.70. The van der Waals surface area contributed by atoms with Crippen molar-refractivity contribution in [3.05, 3.63) is 107 Å². The Morgan fingerprint density at radius 3 is 2.47 bits per heavy atom. The molecule has 4 rings (SSSR count). The smallest absolute Gasteiger partial charge is 0.145 e. The third-order valence-corrected chi connectivity index (χ3v) is 5.21. The van der Waals surface area contributed by atoms with Crippen LogP contribution in [0.25, 0.3) is 0 Å². The molecule has 3 aromatic carbocycles. The van der Waals surface area contributed by atoms with Gasteiger partial charge in [-0.15, -0.1) is 0 Å². The third-order valence-electron chi connectivity index (χ3n) is 5.21. The number of hydrogen-bond donors (Lipinski definition) is 1. The molecule has 1 heterocycles. The Bertz CT molecular complexity index is 979. The summed E-state index contributed by atoms with van der Waals surface area (Å²) in [4.78, 5) is 7.79. The molecule has 4 nitrogen and oxygen atoms in total. The van der Waals surface area contributed by atoms with Gasteiger partial charge in [0.15, 0.2) is 0 Å². The Labute approximate surface area is 176 Å². The summed E-state index contributed by atoms with van der Waals surface area (Å²) in [5, 5.41) is 15.0. The molecule has 0 aliphatic carbocycles. The van der Waals surface area contributed by atoms with Crippen molar-refractivity contribution >= 4 is 5.71 Å². The summed E-state index contributed by atoms with van der Waals surface area (Å²) in [5.74, 6) is -0.261. The maximum absolute atomic E-state index is 13.7. The lowest BCUT2D eigenvalue weighted by Crippen LogP contribution is -2.35. The molecule has 30 heavy (non-hydrogen) atoms. The van der Waals surface area contributed by atoms with Crippen molar-refractivity contribution in [1.82, 2.24) is 4.90 Å². The maximum atomic E-state index is 13.7. The molecule has 0 amide bonds. The third kappa shape index (κ3) is 5.32. The average molecular weight is 404 g/mol. The molecule has 0 fully saturated rings. The van der Waals surface area contributed by atoms with Crippen LogP contribution in [0, 0.1) is 5.82 Å². The molecule has 1 N–H and O–H groups in total. The van der Waals surface area contributed by atoms with Crippen LogP contribution in [0.5, 0.6) is 0 Å². The summed E-state index contributed by atoms with van der Waals surface area (Å²) in [6.07, 6.45) is -0.0575. The molecule has 2 atom stereocenters. The fourth-order valence-corrected chi connectivity index (χ4v) is 3.74. The van der Waals surface area contributed by atoms with Crippen molar-refractivity contribution in [3.63, 3.8) is 0 Å². The molecule has 0 spiro atoms. The van der Waals surface area contributed by atoms with Crippen molar-refractivity contribution in [3.8, 4) is 0 Å². The number of aliphatic hydroxyl groups is 1. The molecule has 3 aromatic rings. The average Bonchev–Trinajstić information content (AvgIpc) is 3.23. The second kappa shape index (κ2) is 9.65. The van der Waals surface area contributed by atoms with Gasteiger partial charge in [0.1, 0.15) is 11.9 Å². The molecular formula is C25H25FN2O2. The van der Waals surface area contributed by atoms with E-state index in [0.29, 0.717) is 26.1 Å². The Morgan fingerprint density at radius 1 is 1.00 bits per heavy atom. The molecule has 0 aromatic heterocycles. The van der Waals surface area contributed by atoms with E-state index in [4.69, 9.17) is 4.84 Å². The Hall–Kier alpha value is -3.02. The largest absolute Gasteiger partial charge is 0.390 e. The zero-order valence-electron chi connectivity index (χ0n) is 16.7. The fraction of sp³-hybridized carbons (Fsp3) is 0.240. The van der Waals surface area contributed by atoms with Crippen LogP contribution in [0.4, 0.5) is 4.39 Å². The molecule has 1 aliphatic rings. The molecule has 0 saturated heterocycles. The van der Waals surface area contributed by atoms with E-state index < -0.39 is 6.10 Å². The van der Waals surface area contributed by atoms with E-state index in [2.05, 4.69) is 10.1 Å². The first-order valence-electron chi connectivity index (χ1n) is 10.2. The highest BCUT2D eigenvalue weighted by Gasteiger charge is 2.26. The number of nitrogens with zero attached hydrogens (tertiary/aromatic N) is 2. The summed E-state index contributed by atoms with van der Waals surface area (Å²) in [7, 11) is 0. The second-order valence-corrected chi connectivity index (χ2v) is 7.59. The number of rotatable bonds is 8. The van der Waals surface area contributed by atoms with Gasteiger partial charge in [0.25, 0.3) is 0 Å². The molecular weight excluding hydrogens is 379 g/mol. The number of hydrogen-bond acceptors (Lipinski definition) is 4. The normalized spacial score (nSPS) is 16.9. The van der Waals surface area contributed by atoms with E-state index in [-0.39, 0.29) is 11.9 Å². The van der Waals surface area contributed by atoms with Crippen molar-refractivity contribution in [1.29, 1.82) is 0 Å².